The van der Waals surface area contributed by atoms with Gasteiger partial charge in [0.05, 0.1) is 12.3 Å². The van der Waals surface area contributed by atoms with Crippen molar-refractivity contribution < 1.29 is 14.7 Å². The molecule has 0 saturated carbocycles. The summed E-state index contributed by atoms with van der Waals surface area (Å²) in [5.41, 5.74) is 6.35. The lowest BCUT2D eigenvalue weighted by molar-refractivity contribution is -0.140. The number of aromatic nitrogens is 2. The van der Waals surface area contributed by atoms with Gasteiger partial charge in [-0.1, -0.05) is 19.1 Å². The first-order valence-corrected chi connectivity index (χ1v) is 14.3. The van der Waals surface area contributed by atoms with E-state index >= 15 is 0 Å². The third-order valence-electron chi connectivity index (χ3n) is 8.37. The number of piperazine rings is 1. The van der Waals surface area contributed by atoms with Crippen LogP contribution in [0.5, 0.6) is 0 Å². The van der Waals surface area contributed by atoms with Crippen molar-refractivity contribution in [2.24, 2.45) is 17.1 Å². The zero-order chi connectivity index (χ0) is 29.6. The Morgan fingerprint density at radius 2 is 1.76 bits per heavy atom. The summed E-state index contributed by atoms with van der Waals surface area (Å²) in [4.78, 5) is 47.7. The fraction of sp³-hybridized carbons (Fsp3) is 0.552. The van der Waals surface area contributed by atoms with Gasteiger partial charge in [0, 0.05) is 51.2 Å². The maximum Gasteiger partial charge on any atom is 0.354 e. The van der Waals surface area contributed by atoms with Crippen LogP contribution in [0.1, 0.15) is 32.3 Å². The molecule has 4 rings (SSSR count). The molecule has 12 nitrogen and oxygen atoms in total. The van der Waals surface area contributed by atoms with Crippen LogP contribution in [-0.4, -0.2) is 106 Å². The minimum absolute atomic E-state index is 0.148. The molecule has 2 aromatic rings. The highest BCUT2D eigenvalue weighted by atomic mass is 16.3. The minimum atomic E-state index is -1.26. The van der Waals surface area contributed by atoms with Crippen LogP contribution < -0.4 is 16.7 Å². The quantitative estimate of drug-likeness (QED) is 0.349. The van der Waals surface area contributed by atoms with Gasteiger partial charge in [0.15, 0.2) is 0 Å². The molecule has 0 aliphatic carbocycles. The summed E-state index contributed by atoms with van der Waals surface area (Å²) in [6.07, 6.45) is 5.62. The number of carbonyl (C=O) groups excluding carboxylic acids is 2. The summed E-state index contributed by atoms with van der Waals surface area (Å²) >= 11 is 0. The summed E-state index contributed by atoms with van der Waals surface area (Å²) in [7, 11) is 0. The molecule has 5 N–H and O–H groups in total. The molecule has 2 saturated heterocycles. The number of aliphatic hydroxyl groups excluding tert-OH is 1. The molecular weight excluding hydrogens is 524 g/mol. The number of hydrogen-bond acceptors (Lipinski definition) is 8. The van der Waals surface area contributed by atoms with Gasteiger partial charge in [-0.3, -0.25) is 14.7 Å². The SMILES string of the molecule is CC1CCN(CCc2ccc(-n3ccc(NC(=O)N4CCN(C(=O)C(C)(C=N)CO)CC4)nc3=O)cc2)CC[C@H]1N. The average Bonchev–Trinajstić information content (AvgIpc) is 3.15. The molecule has 2 aliphatic rings. The number of amides is 3. The molecule has 2 unspecified atom stereocenters. The van der Waals surface area contributed by atoms with Crippen LogP contribution in [0.25, 0.3) is 5.69 Å². The Balaban J connectivity index is 1.29. The number of carbonyl (C=O) groups is 2. The van der Waals surface area contributed by atoms with Crippen LogP contribution in [0, 0.1) is 16.7 Å². The highest BCUT2D eigenvalue weighted by Crippen LogP contribution is 2.19. The van der Waals surface area contributed by atoms with Gasteiger partial charge in [-0.2, -0.15) is 4.98 Å². The third kappa shape index (κ3) is 7.38. The van der Waals surface area contributed by atoms with Crippen molar-refractivity contribution in [2.75, 3.05) is 57.7 Å². The summed E-state index contributed by atoms with van der Waals surface area (Å²) in [5.74, 6) is 0.363. The van der Waals surface area contributed by atoms with Gasteiger partial charge in [0.2, 0.25) is 5.91 Å². The monoisotopic (exact) mass is 566 g/mol. The Morgan fingerprint density at radius 1 is 1.10 bits per heavy atom. The Labute approximate surface area is 240 Å². The lowest BCUT2D eigenvalue weighted by atomic mass is 9.91. The van der Waals surface area contributed by atoms with Crippen molar-refractivity contribution in [1.82, 2.24) is 24.3 Å². The summed E-state index contributed by atoms with van der Waals surface area (Å²) in [6, 6.07) is 9.30. The van der Waals surface area contributed by atoms with Crippen molar-refractivity contribution >= 4 is 24.0 Å². The van der Waals surface area contributed by atoms with Gasteiger partial charge in [-0.15, -0.1) is 0 Å². The van der Waals surface area contributed by atoms with Crippen LogP contribution in [0.4, 0.5) is 10.6 Å². The zero-order valence-corrected chi connectivity index (χ0v) is 24.0. The Bertz CT molecular complexity index is 1260. The molecule has 0 spiro atoms. The smallest absolute Gasteiger partial charge is 0.354 e. The second-order valence-electron chi connectivity index (χ2n) is 11.4. The highest BCUT2D eigenvalue weighted by Gasteiger charge is 2.36. The van der Waals surface area contributed by atoms with E-state index in [1.165, 1.54) is 22.0 Å². The molecular formula is C29H42N8O4. The second kappa shape index (κ2) is 13.4. The fourth-order valence-corrected chi connectivity index (χ4v) is 5.17. The maximum atomic E-state index is 12.8. The first-order chi connectivity index (χ1) is 19.6. The lowest BCUT2D eigenvalue weighted by Crippen LogP contribution is -2.55. The fourth-order valence-electron chi connectivity index (χ4n) is 5.17. The first kappa shape index (κ1) is 30.4. The van der Waals surface area contributed by atoms with E-state index in [1.54, 1.807) is 17.2 Å². The van der Waals surface area contributed by atoms with E-state index in [-0.39, 0.29) is 43.9 Å². The largest absolute Gasteiger partial charge is 0.395 e. The molecule has 3 heterocycles. The minimum Gasteiger partial charge on any atom is -0.395 e. The molecule has 41 heavy (non-hydrogen) atoms. The van der Waals surface area contributed by atoms with Gasteiger partial charge >= 0.3 is 11.7 Å². The van der Waals surface area contributed by atoms with Crippen LogP contribution in [0.15, 0.2) is 41.3 Å². The Kier molecular flexibility index (Phi) is 9.90. The standard InChI is InChI=1S/C29H42N8O4/c1-21-7-11-34(13-9-24(21)31)12-8-22-3-5-23(6-4-22)37-14-10-25(33-28(37)41)32-27(40)36-17-15-35(16-18-36)26(39)29(2,19-30)20-38/h3-6,10,14,19,21,24,30,38H,7-9,11-13,15-18,20,31H2,1-2H3,(H,32,33,40,41)/t21?,24-,29?/m1/s1. The molecule has 2 fully saturated rings. The lowest BCUT2D eigenvalue weighted by Gasteiger charge is -2.37. The number of nitrogens with one attached hydrogen (secondary N) is 2. The highest BCUT2D eigenvalue weighted by molar-refractivity contribution is 5.97. The third-order valence-corrected chi connectivity index (χ3v) is 8.37. The van der Waals surface area contributed by atoms with Crippen LogP contribution in [0.2, 0.25) is 0 Å². The number of nitrogens with two attached hydrogens (primary N) is 1. The van der Waals surface area contributed by atoms with Crippen molar-refractivity contribution in [3.05, 3.63) is 52.6 Å². The average molecular weight is 567 g/mol. The second-order valence-corrected chi connectivity index (χ2v) is 11.4. The first-order valence-electron chi connectivity index (χ1n) is 14.3. The van der Waals surface area contributed by atoms with Gasteiger partial charge in [0.25, 0.3) is 0 Å². The van der Waals surface area contributed by atoms with E-state index < -0.39 is 23.7 Å². The van der Waals surface area contributed by atoms with E-state index in [0.29, 0.717) is 11.6 Å². The van der Waals surface area contributed by atoms with Gasteiger partial charge in [0.1, 0.15) is 11.2 Å². The number of aliphatic hydroxyl groups is 1. The number of anilines is 1. The van der Waals surface area contributed by atoms with Crippen LogP contribution in [0.3, 0.4) is 0 Å². The predicted molar refractivity (Wildman–Crippen MR) is 157 cm³/mol. The van der Waals surface area contributed by atoms with E-state index in [2.05, 4.69) is 22.1 Å². The van der Waals surface area contributed by atoms with E-state index in [1.807, 2.05) is 24.3 Å². The molecule has 222 valence electrons. The van der Waals surface area contributed by atoms with E-state index in [4.69, 9.17) is 11.1 Å². The topological polar surface area (TPSA) is 161 Å². The van der Waals surface area contributed by atoms with Gasteiger partial charge < -0.3 is 30.9 Å². The number of nitrogens with zero attached hydrogens (tertiary/aromatic N) is 5. The molecule has 12 heteroatoms. The van der Waals surface area contributed by atoms with E-state index in [0.717, 1.165) is 45.1 Å². The number of likely N-dealkylation sites (tertiary alicyclic amines) is 1. The van der Waals surface area contributed by atoms with Crippen molar-refractivity contribution in [3.8, 4) is 5.69 Å². The molecule has 2 aliphatic heterocycles. The number of benzene rings is 1. The Hall–Kier alpha value is -3.61. The summed E-state index contributed by atoms with van der Waals surface area (Å²) in [6.45, 7) is 7.50. The molecule has 0 bridgehead atoms. The van der Waals surface area contributed by atoms with Crippen molar-refractivity contribution in [2.45, 2.75) is 39.2 Å². The van der Waals surface area contributed by atoms with Crippen LogP contribution >= 0.6 is 0 Å². The van der Waals surface area contributed by atoms with Gasteiger partial charge in [-0.25, -0.2) is 9.59 Å². The normalized spacial score (nSPS) is 21.6. The number of rotatable bonds is 8. The molecule has 1 aromatic carbocycles. The number of hydrogen-bond donors (Lipinski definition) is 4. The van der Waals surface area contributed by atoms with Crippen molar-refractivity contribution in [3.63, 3.8) is 0 Å². The van der Waals surface area contributed by atoms with Crippen molar-refractivity contribution in [1.29, 1.82) is 5.41 Å². The Morgan fingerprint density at radius 3 is 2.39 bits per heavy atom. The summed E-state index contributed by atoms with van der Waals surface area (Å²) in [5, 5.41) is 19.6. The van der Waals surface area contributed by atoms with Gasteiger partial charge in [-0.05, 0) is 69.0 Å². The molecule has 0 radical (unpaired) electrons. The maximum absolute atomic E-state index is 12.8. The number of urea groups is 1. The molecule has 3 amide bonds. The molecule has 1 aromatic heterocycles. The van der Waals surface area contributed by atoms with Crippen LogP contribution in [-0.2, 0) is 11.2 Å². The molecule has 3 atom stereocenters. The zero-order valence-electron chi connectivity index (χ0n) is 24.0. The predicted octanol–water partition coefficient (Wildman–Crippen LogP) is 1.16. The summed E-state index contributed by atoms with van der Waals surface area (Å²) < 4.78 is 1.43. The van der Waals surface area contributed by atoms with E-state index in [9.17, 15) is 19.5 Å².